The fraction of sp³-hybridized carbons (Fsp3) is 0.647. The van der Waals surface area contributed by atoms with Crippen LogP contribution in [0.1, 0.15) is 30.4 Å². The number of benzene rings is 1. The van der Waals surface area contributed by atoms with Crippen LogP contribution in [-0.2, 0) is 17.6 Å². The van der Waals surface area contributed by atoms with E-state index in [2.05, 4.69) is 23.5 Å². The first-order valence-corrected chi connectivity index (χ1v) is 7.95. The van der Waals surface area contributed by atoms with Crippen LogP contribution in [0.3, 0.4) is 0 Å². The van der Waals surface area contributed by atoms with Crippen LogP contribution in [0.2, 0.25) is 0 Å². The second-order valence-corrected chi connectivity index (χ2v) is 5.90. The van der Waals surface area contributed by atoms with Crippen molar-refractivity contribution < 1.29 is 9.47 Å². The van der Waals surface area contributed by atoms with E-state index in [1.165, 1.54) is 43.5 Å². The van der Waals surface area contributed by atoms with E-state index in [0.29, 0.717) is 0 Å². The lowest BCUT2D eigenvalue weighted by atomic mass is 9.97. The SMILES string of the molecule is c1cc2c(cc1CCOCCC1CCCNC1)CCO2. The number of rotatable bonds is 6. The fourth-order valence-electron chi connectivity index (χ4n) is 3.11. The van der Waals surface area contributed by atoms with E-state index in [0.717, 1.165) is 44.3 Å². The summed E-state index contributed by atoms with van der Waals surface area (Å²) in [5.74, 6) is 1.89. The molecule has 20 heavy (non-hydrogen) atoms. The van der Waals surface area contributed by atoms with Crippen molar-refractivity contribution in [2.24, 2.45) is 5.92 Å². The third kappa shape index (κ3) is 3.74. The summed E-state index contributed by atoms with van der Waals surface area (Å²) in [5.41, 5.74) is 2.73. The van der Waals surface area contributed by atoms with Crippen LogP contribution in [0.5, 0.6) is 5.75 Å². The summed E-state index contributed by atoms with van der Waals surface area (Å²) >= 11 is 0. The van der Waals surface area contributed by atoms with Crippen LogP contribution in [0.25, 0.3) is 0 Å². The van der Waals surface area contributed by atoms with Crippen LogP contribution < -0.4 is 10.1 Å². The van der Waals surface area contributed by atoms with Gasteiger partial charge in [-0.25, -0.2) is 0 Å². The average Bonchev–Trinajstić information content (AvgIpc) is 2.95. The largest absolute Gasteiger partial charge is 0.493 e. The zero-order valence-electron chi connectivity index (χ0n) is 12.2. The highest BCUT2D eigenvalue weighted by Crippen LogP contribution is 2.26. The van der Waals surface area contributed by atoms with Crippen LogP contribution in [0.15, 0.2) is 18.2 Å². The lowest BCUT2D eigenvalue weighted by Crippen LogP contribution is -2.30. The van der Waals surface area contributed by atoms with Gasteiger partial charge in [-0.15, -0.1) is 0 Å². The molecule has 0 aromatic heterocycles. The van der Waals surface area contributed by atoms with E-state index in [4.69, 9.17) is 9.47 Å². The molecule has 110 valence electrons. The summed E-state index contributed by atoms with van der Waals surface area (Å²) in [6.45, 7) is 4.94. The first kappa shape index (κ1) is 13.9. The zero-order chi connectivity index (χ0) is 13.6. The zero-order valence-corrected chi connectivity index (χ0v) is 12.2. The predicted octanol–water partition coefficient (Wildman–Crippen LogP) is 2.57. The summed E-state index contributed by atoms with van der Waals surface area (Å²) in [7, 11) is 0. The number of hydrogen-bond acceptors (Lipinski definition) is 3. The Morgan fingerprint density at radius 3 is 3.20 bits per heavy atom. The number of ether oxygens (including phenoxy) is 2. The van der Waals surface area contributed by atoms with E-state index in [-0.39, 0.29) is 0 Å². The van der Waals surface area contributed by atoms with Crippen molar-refractivity contribution in [3.63, 3.8) is 0 Å². The molecule has 1 fully saturated rings. The van der Waals surface area contributed by atoms with E-state index in [9.17, 15) is 0 Å². The Balaban J connectivity index is 1.33. The highest BCUT2D eigenvalue weighted by Gasteiger charge is 2.13. The predicted molar refractivity (Wildman–Crippen MR) is 80.4 cm³/mol. The number of fused-ring (bicyclic) bond motifs is 1. The van der Waals surface area contributed by atoms with Gasteiger partial charge in [0.15, 0.2) is 0 Å². The number of hydrogen-bond donors (Lipinski definition) is 1. The monoisotopic (exact) mass is 275 g/mol. The molecule has 3 rings (SSSR count). The molecule has 0 radical (unpaired) electrons. The first-order chi connectivity index (χ1) is 9.92. The number of nitrogens with one attached hydrogen (secondary N) is 1. The smallest absolute Gasteiger partial charge is 0.122 e. The molecule has 1 atom stereocenters. The molecule has 0 aliphatic carbocycles. The van der Waals surface area contributed by atoms with Gasteiger partial charge in [-0.2, -0.15) is 0 Å². The Labute approximate surface area is 121 Å². The summed E-state index contributed by atoms with van der Waals surface area (Å²) in [4.78, 5) is 0. The van der Waals surface area contributed by atoms with Crippen molar-refractivity contribution in [3.8, 4) is 5.75 Å². The van der Waals surface area contributed by atoms with Crippen molar-refractivity contribution in [1.82, 2.24) is 5.32 Å². The van der Waals surface area contributed by atoms with Gasteiger partial charge in [0.05, 0.1) is 13.2 Å². The lowest BCUT2D eigenvalue weighted by Gasteiger charge is -2.22. The molecule has 1 N–H and O–H groups in total. The lowest BCUT2D eigenvalue weighted by molar-refractivity contribution is 0.118. The maximum Gasteiger partial charge on any atom is 0.122 e. The Kier molecular flexibility index (Phi) is 4.93. The van der Waals surface area contributed by atoms with E-state index < -0.39 is 0 Å². The van der Waals surface area contributed by atoms with Crippen LogP contribution in [0.4, 0.5) is 0 Å². The second kappa shape index (κ2) is 7.09. The van der Waals surface area contributed by atoms with Gasteiger partial charge in [-0.05, 0) is 61.9 Å². The minimum atomic E-state index is 0.820. The van der Waals surface area contributed by atoms with Gasteiger partial charge in [-0.3, -0.25) is 0 Å². The van der Waals surface area contributed by atoms with Gasteiger partial charge in [0.25, 0.3) is 0 Å². The third-order valence-corrected chi connectivity index (χ3v) is 4.36. The average molecular weight is 275 g/mol. The third-order valence-electron chi connectivity index (χ3n) is 4.36. The normalized spacial score (nSPS) is 21.5. The molecular weight excluding hydrogens is 250 g/mol. The molecule has 2 aliphatic heterocycles. The molecule has 1 unspecified atom stereocenters. The van der Waals surface area contributed by atoms with Crippen LogP contribution in [0, 0.1) is 5.92 Å². The Hall–Kier alpha value is -1.06. The molecule has 0 saturated carbocycles. The van der Waals surface area contributed by atoms with E-state index >= 15 is 0 Å². The summed E-state index contributed by atoms with van der Waals surface area (Å²) in [5, 5.41) is 3.46. The molecule has 2 aliphatic rings. The molecule has 2 heterocycles. The van der Waals surface area contributed by atoms with Gasteiger partial charge in [0, 0.05) is 13.0 Å². The maximum atomic E-state index is 5.80. The summed E-state index contributed by atoms with van der Waals surface area (Å²) < 4.78 is 11.3. The van der Waals surface area contributed by atoms with Crippen molar-refractivity contribution in [2.75, 3.05) is 32.9 Å². The number of piperidine rings is 1. The molecule has 1 saturated heterocycles. The Morgan fingerprint density at radius 1 is 1.30 bits per heavy atom. The first-order valence-electron chi connectivity index (χ1n) is 7.95. The maximum absolute atomic E-state index is 5.80. The molecule has 3 heteroatoms. The summed E-state index contributed by atoms with van der Waals surface area (Å²) in [6, 6.07) is 6.54. The molecule has 3 nitrogen and oxygen atoms in total. The van der Waals surface area contributed by atoms with E-state index in [1.807, 2.05) is 0 Å². The van der Waals surface area contributed by atoms with Gasteiger partial charge >= 0.3 is 0 Å². The standard InChI is InChI=1S/C17H25NO2/c1-2-15(13-18-8-1)6-10-19-9-5-14-3-4-17-16(12-14)7-11-20-17/h3-4,12,15,18H,1-2,5-11,13H2. The quantitative estimate of drug-likeness (QED) is 0.809. The van der Waals surface area contributed by atoms with Crippen LogP contribution in [-0.4, -0.2) is 32.9 Å². The van der Waals surface area contributed by atoms with Crippen molar-refractivity contribution in [2.45, 2.75) is 32.1 Å². The molecule has 1 aromatic carbocycles. The van der Waals surface area contributed by atoms with Gasteiger partial charge < -0.3 is 14.8 Å². The minimum Gasteiger partial charge on any atom is -0.493 e. The molecular formula is C17H25NO2. The van der Waals surface area contributed by atoms with Gasteiger partial charge in [-0.1, -0.05) is 12.1 Å². The second-order valence-electron chi connectivity index (χ2n) is 5.90. The van der Waals surface area contributed by atoms with Crippen molar-refractivity contribution >= 4 is 0 Å². The van der Waals surface area contributed by atoms with Crippen molar-refractivity contribution in [3.05, 3.63) is 29.3 Å². The van der Waals surface area contributed by atoms with Gasteiger partial charge in [0.2, 0.25) is 0 Å². The van der Waals surface area contributed by atoms with E-state index in [1.54, 1.807) is 0 Å². The van der Waals surface area contributed by atoms with Crippen LogP contribution >= 0.6 is 0 Å². The molecule has 0 bridgehead atoms. The molecule has 1 aromatic rings. The highest BCUT2D eigenvalue weighted by atomic mass is 16.5. The molecule has 0 spiro atoms. The fourth-order valence-corrected chi connectivity index (χ4v) is 3.11. The van der Waals surface area contributed by atoms with Gasteiger partial charge in [0.1, 0.15) is 5.75 Å². The highest BCUT2D eigenvalue weighted by molar-refractivity contribution is 5.39. The van der Waals surface area contributed by atoms with Crippen molar-refractivity contribution in [1.29, 1.82) is 0 Å². The Bertz CT molecular complexity index is 427. The molecule has 0 amide bonds. The topological polar surface area (TPSA) is 30.5 Å². The summed E-state index contributed by atoms with van der Waals surface area (Å²) in [6.07, 6.45) is 5.95. The Morgan fingerprint density at radius 2 is 2.30 bits per heavy atom. The minimum absolute atomic E-state index is 0.820.